The fourth-order valence-electron chi connectivity index (χ4n) is 0.691. The minimum Gasteiger partial charge on any atom is -0.624 e. The van der Waals surface area contributed by atoms with Gasteiger partial charge in [-0.25, -0.2) is 4.74 Å². The Hall–Kier alpha value is -0.790. The number of allylic oxidation sites excluding steroid dienone is 1. The maximum atomic E-state index is 10.6. The predicted octanol–water partition coefficient (Wildman–Crippen LogP) is 0.916. The van der Waals surface area contributed by atoms with E-state index in [1.165, 1.54) is 0 Å². The van der Waals surface area contributed by atoms with E-state index in [0.29, 0.717) is 0 Å². The molecule has 0 N–H and O–H groups in total. The Labute approximate surface area is 48.7 Å². The molecule has 44 valence electrons. The second-order valence-corrected chi connectivity index (χ2v) is 1.95. The molecule has 1 unspecified atom stereocenters. The molecule has 1 aliphatic heterocycles. The Bertz CT molecular complexity index is 137. The van der Waals surface area contributed by atoms with Crippen LogP contribution in [0.2, 0.25) is 0 Å². The molecule has 0 aromatic rings. The van der Waals surface area contributed by atoms with Crippen LogP contribution in [-0.2, 0) is 0 Å². The van der Waals surface area contributed by atoms with Crippen molar-refractivity contribution in [2.75, 3.05) is 0 Å². The highest BCUT2D eigenvalue weighted by Crippen LogP contribution is 1.97. The number of hydrogen-bond acceptors (Lipinski definition) is 1. The van der Waals surface area contributed by atoms with Crippen LogP contribution in [0, 0.1) is 5.21 Å². The summed E-state index contributed by atoms with van der Waals surface area (Å²) in [6.07, 6.45) is 6.34. The lowest BCUT2D eigenvalue weighted by Crippen LogP contribution is -2.18. The molecule has 0 aromatic heterocycles. The van der Waals surface area contributed by atoms with Crippen molar-refractivity contribution in [3.8, 4) is 0 Å². The van der Waals surface area contributed by atoms with Crippen molar-refractivity contribution in [1.82, 2.24) is 0 Å². The third-order valence-corrected chi connectivity index (χ3v) is 1.24. The second-order valence-electron chi connectivity index (χ2n) is 1.95. The average Bonchev–Trinajstić information content (AvgIpc) is 1.77. The van der Waals surface area contributed by atoms with E-state index in [1.54, 1.807) is 6.21 Å². The Morgan fingerprint density at radius 3 is 2.88 bits per heavy atom. The van der Waals surface area contributed by atoms with Crippen molar-refractivity contribution in [2.24, 2.45) is 0 Å². The molecule has 2 nitrogen and oxygen atoms in total. The highest BCUT2D eigenvalue weighted by molar-refractivity contribution is 5.55. The standard InChI is InChI=1S/C6H9NO/c1-6-4-2-3-5-7(6)8/h2,4-6H,3H2,1H3. The first kappa shape index (κ1) is 5.35. The largest absolute Gasteiger partial charge is 0.624 e. The van der Waals surface area contributed by atoms with E-state index in [0.717, 1.165) is 11.2 Å². The number of hydroxylamine groups is 1. The van der Waals surface area contributed by atoms with Crippen LogP contribution < -0.4 is 0 Å². The van der Waals surface area contributed by atoms with Gasteiger partial charge in [-0.15, -0.1) is 0 Å². The van der Waals surface area contributed by atoms with Gasteiger partial charge < -0.3 is 5.21 Å². The summed E-state index contributed by atoms with van der Waals surface area (Å²) >= 11 is 0. The Kier molecular flexibility index (Phi) is 1.33. The zero-order chi connectivity index (χ0) is 5.98. The molecule has 0 bridgehead atoms. The lowest BCUT2D eigenvalue weighted by Gasteiger charge is -2.10. The van der Waals surface area contributed by atoms with Crippen LogP contribution in [0.1, 0.15) is 13.3 Å². The molecule has 8 heavy (non-hydrogen) atoms. The summed E-state index contributed by atoms with van der Waals surface area (Å²) < 4.78 is 0.972. The van der Waals surface area contributed by atoms with Gasteiger partial charge in [0.25, 0.3) is 0 Å². The van der Waals surface area contributed by atoms with Gasteiger partial charge in [0.05, 0.1) is 0 Å². The van der Waals surface area contributed by atoms with Gasteiger partial charge in [-0.2, -0.15) is 0 Å². The Morgan fingerprint density at radius 1 is 1.75 bits per heavy atom. The molecule has 1 atom stereocenters. The fraction of sp³-hybridized carbons (Fsp3) is 0.500. The van der Waals surface area contributed by atoms with Gasteiger partial charge in [0.1, 0.15) is 0 Å². The smallest absolute Gasteiger partial charge is 0.178 e. The average molecular weight is 111 g/mol. The van der Waals surface area contributed by atoms with Gasteiger partial charge >= 0.3 is 0 Å². The lowest BCUT2D eigenvalue weighted by molar-refractivity contribution is -0.480. The normalized spacial score (nSPS) is 27.6. The van der Waals surface area contributed by atoms with Gasteiger partial charge in [0.15, 0.2) is 12.3 Å². The Morgan fingerprint density at radius 2 is 2.50 bits per heavy atom. The molecule has 0 aromatic carbocycles. The van der Waals surface area contributed by atoms with Crippen LogP contribution in [-0.4, -0.2) is 17.0 Å². The summed E-state index contributed by atoms with van der Waals surface area (Å²) in [5, 5.41) is 10.6. The summed E-state index contributed by atoms with van der Waals surface area (Å²) in [5.74, 6) is 0. The first-order valence-electron chi connectivity index (χ1n) is 2.76. The second kappa shape index (κ2) is 1.99. The highest BCUT2D eigenvalue weighted by Gasteiger charge is 2.05. The molecule has 0 spiro atoms. The summed E-state index contributed by atoms with van der Waals surface area (Å²) in [4.78, 5) is 0. The van der Waals surface area contributed by atoms with E-state index in [-0.39, 0.29) is 6.04 Å². The minimum absolute atomic E-state index is 0.0451. The topological polar surface area (TPSA) is 26.1 Å². The molecular weight excluding hydrogens is 102 g/mol. The fourth-order valence-corrected chi connectivity index (χ4v) is 0.691. The summed E-state index contributed by atoms with van der Waals surface area (Å²) in [7, 11) is 0. The van der Waals surface area contributed by atoms with Gasteiger partial charge in [-0.1, -0.05) is 6.08 Å². The van der Waals surface area contributed by atoms with Crippen LogP contribution in [0.3, 0.4) is 0 Å². The van der Waals surface area contributed by atoms with E-state index in [1.807, 2.05) is 19.1 Å². The van der Waals surface area contributed by atoms with Crippen molar-refractivity contribution in [2.45, 2.75) is 19.4 Å². The lowest BCUT2D eigenvalue weighted by atomic mass is 10.2. The van der Waals surface area contributed by atoms with Gasteiger partial charge in [-0.3, -0.25) is 0 Å². The number of rotatable bonds is 0. The van der Waals surface area contributed by atoms with Crippen molar-refractivity contribution in [3.05, 3.63) is 17.4 Å². The molecule has 0 fully saturated rings. The number of hydrogen-bond donors (Lipinski definition) is 0. The first-order chi connectivity index (χ1) is 3.80. The van der Waals surface area contributed by atoms with E-state index in [4.69, 9.17) is 0 Å². The summed E-state index contributed by atoms with van der Waals surface area (Å²) in [6, 6.07) is 0.0451. The molecule has 1 rings (SSSR count). The van der Waals surface area contributed by atoms with E-state index < -0.39 is 0 Å². The molecule has 0 radical (unpaired) electrons. The molecular formula is C6H9NO. The molecule has 2 heteroatoms. The molecule has 1 aliphatic rings. The van der Waals surface area contributed by atoms with Crippen LogP contribution in [0.15, 0.2) is 12.2 Å². The first-order valence-corrected chi connectivity index (χ1v) is 2.76. The maximum Gasteiger partial charge on any atom is 0.178 e. The maximum absolute atomic E-state index is 10.6. The predicted molar refractivity (Wildman–Crippen MR) is 32.9 cm³/mol. The SMILES string of the molecule is CC1C=CCC=[N+]1[O-]. The van der Waals surface area contributed by atoms with Crippen LogP contribution in [0.25, 0.3) is 0 Å². The Balaban J connectivity index is 2.63. The van der Waals surface area contributed by atoms with Crippen molar-refractivity contribution in [3.63, 3.8) is 0 Å². The molecule has 0 saturated heterocycles. The van der Waals surface area contributed by atoms with Crippen LogP contribution in [0.4, 0.5) is 0 Å². The molecule has 0 aliphatic carbocycles. The van der Waals surface area contributed by atoms with E-state index in [9.17, 15) is 5.21 Å². The van der Waals surface area contributed by atoms with E-state index in [2.05, 4.69) is 0 Å². The summed E-state index contributed by atoms with van der Waals surface area (Å²) in [6.45, 7) is 1.87. The van der Waals surface area contributed by atoms with Crippen LogP contribution in [0.5, 0.6) is 0 Å². The van der Waals surface area contributed by atoms with Gasteiger partial charge in [0, 0.05) is 13.3 Å². The van der Waals surface area contributed by atoms with Crippen molar-refractivity contribution in [1.29, 1.82) is 0 Å². The third kappa shape index (κ3) is 0.886. The van der Waals surface area contributed by atoms with E-state index >= 15 is 0 Å². The van der Waals surface area contributed by atoms with Crippen molar-refractivity contribution >= 4 is 6.21 Å². The minimum atomic E-state index is 0.0451. The third-order valence-electron chi connectivity index (χ3n) is 1.24. The zero-order valence-electron chi connectivity index (χ0n) is 4.87. The number of nitrogens with zero attached hydrogens (tertiary/aromatic N) is 1. The van der Waals surface area contributed by atoms with Gasteiger partial charge in [-0.05, 0) is 6.08 Å². The zero-order valence-corrected chi connectivity index (χ0v) is 4.87. The van der Waals surface area contributed by atoms with Crippen molar-refractivity contribution < 1.29 is 4.74 Å². The highest BCUT2D eigenvalue weighted by atomic mass is 16.5. The molecule has 1 heterocycles. The quantitative estimate of drug-likeness (QED) is 0.259. The monoisotopic (exact) mass is 111 g/mol. The summed E-state index contributed by atoms with van der Waals surface area (Å²) in [5.41, 5.74) is 0. The van der Waals surface area contributed by atoms with Gasteiger partial charge in [0.2, 0.25) is 0 Å². The molecule has 0 saturated carbocycles. The molecule has 0 amide bonds. The van der Waals surface area contributed by atoms with Crippen LogP contribution >= 0.6 is 0 Å².